The summed E-state index contributed by atoms with van der Waals surface area (Å²) in [6, 6.07) is 0. The number of hydrogen-bond acceptors (Lipinski definition) is 6. The number of ether oxygens (including phenoxy) is 3. The smallest absolute Gasteiger partial charge is 0.306 e. The van der Waals surface area contributed by atoms with E-state index in [0.717, 1.165) is 116 Å². The minimum Gasteiger partial charge on any atom is -0.462 e. The monoisotopic (exact) mass is 977 g/mol. The third-order valence-corrected chi connectivity index (χ3v) is 12.9. The van der Waals surface area contributed by atoms with E-state index in [1.54, 1.807) is 0 Å². The number of carbonyl (C=O) groups excluding carboxylic acids is 3. The molecule has 0 aromatic heterocycles. The van der Waals surface area contributed by atoms with Gasteiger partial charge in [0.2, 0.25) is 0 Å². The summed E-state index contributed by atoms with van der Waals surface area (Å²) in [7, 11) is 0. The Balaban J connectivity index is 4.29. The van der Waals surface area contributed by atoms with Gasteiger partial charge in [-0.05, 0) is 83.5 Å². The highest BCUT2D eigenvalue weighted by atomic mass is 16.6. The summed E-state index contributed by atoms with van der Waals surface area (Å²) in [4.78, 5) is 38.1. The van der Waals surface area contributed by atoms with Crippen LogP contribution in [0.25, 0.3) is 0 Å². The van der Waals surface area contributed by atoms with Gasteiger partial charge in [-0.3, -0.25) is 14.4 Å². The van der Waals surface area contributed by atoms with Crippen LogP contribution in [-0.4, -0.2) is 37.2 Å². The maximum absolute atomic E-state index is 12.8. The van der Waals surface area contributed by atoms with Crippen molar-refractivity contribution in [3.8, 4) is 0 Å². The van der Waals surface area contributed by atoms with Crippen molar-refractivity contribution >= 4 is 17.9 Å². The molecular weight excluding hydrogens is 865 g/mol. The fraction of sp³-hybridized carbons (Fsp3) is 0.766. The van der Waals surface area contributed by atoms with Gasteiger partial charge in [0.1, 0.15) is 13.2 Å². The second kappa shape index (κ2) is 58.4. The van der Waals surface area contributed by atoms with E-state index in [1.165, 1.54) is 141 Å². The van der Waals surface area contributed by atoms with E-state index in [2.05, 4.69) is 93.7 Å². The van der Waals surface area contributed by atoms with Crippen molar-refractivity contribution in [2.75, 3.05) is 13.2 Å². The molecule has 0 aromatic carbocycles. The standard InChI is InChI=1S/C64H112O6/c1-4-7-10-13-16-19-22-24-26-28-30-31-32-33-35-36-38-40-42-45-48-51-54-57-63(66)69-60-61(59-68-62(65)56-53-50-47-44-21-18-15-12-9-6-3)70-64(67)58-55-52-49-46-43-41-39-37-34-29-27-25-23-20-17-14-11-8-5-2/h8,11-12,15,17,20,25,27,34,37,41,43,61H,4-7,9-10,13-14,16,18-19,21-24,26,28-33,35-36,38-40,42,44-60H2,1-3H3/b11-8-,15-12-,20-17-,27-25-,37-34-,43-41-. The van der Waals surface area contributed by atoms with Crippen LogP contribution in [0.15, 0.2) is 72.9 Å². The van der Waals surface area contributed by atoms with Crippen LogP contribution in [0.4, 0.5) is 0 Å². The number of rotatable bonds is 54. The number of allylic oxidation sites excluding steroid dienone is 12. The lowest BCUT2D eigenvalue weighted by Crippen LogP contribution is -2.30. The van der Waals surface area contributed by atoms with Gasteiger partial charge in [0.15, 0.2) is 6.10 Å². The Bertz CT molecular complexity index is 1310. The predicted molar refractivity (Wildman–Crippen MR) is 302 cm³/mol. The SMILES string of the molecule is CC/C=C\C/C=C\C/C=C\C/C=C\C/C=C\CCCCCC(=O)OC(COC(=O)CCCCCCC/C=C\CCC)COC(=O)CCCCCCCCCCCCCCCCCCCCCCCCC. The van der Waals surface area contributed by atoms with E-state index in [-0.39, 0.29) is 37.5 Å². The van der Waals surface area contributed by atoms with Gasteiger partial charge in [0.05, 0.1) is 0 Å². The van der Waals surface area contributed by atoms with Crippen LogP contribution in [0.3, 0.4) is 0 Å². The van der Waals surface area contributed by atoms with Crippen LogP contribution in [0.5, 0.6) is 0 Å². The molecular formula is C64H112O6. The van der Waals surface area contributed by atoms with E-state index >= 15 is 0 Å². The predicted octanol–water partition coefficient (Wildman–Crippen LogP) is 20.2. The fourth-order valence-electron chi connectivity index (χ4n) is 8.47. The number of unbranched alkanes of at least 4 members (excludes halogenated alkanes) is 31. The van der Waals surface area contributed by atoms with Crippen LogP contribution in [0.1, 0.15) is 297 Å². The van der Waals surface area contributed by atoms with Gasteiger partial charge in [-0.1, -0.05) is 267 Å². The molecule has 0 heterocycles. The first-order valence-electron chi connectivity index (χ1n) is 29.9. The Morgan fingerprint density at radius 2 is 0.586 bits per heavy atom. The Morgan fingerprint density at radius 3 is 0.957 bits per heavy atom. The first-order valence-corrected chi connectivity index (χ1v) is 29.9. The van der Waals surface area contributed by atoms with Crippen molar-refractivity contribution in [1.29, 1.82) is 0 Å². The average Bonchev–Trinajstić information content (AvgIpc) is 3.36. The second-order valence-electron chi connectivity index (χ2n) is 19.9. The lowest BCUT2D eigenvalue weighted by atomic mass is 10.0. The number of hydrogen-bond donors (Lipinski definition) is 0. The van der Waals surface area contributed by atoms with Gasteiger partial charge >= 0.3 is 17.9 Å². The normalized spacial score (nSPS) is 12.6. The molecule has 1 unspecified atom stereocenters. The Kier molecular flexibility index (Phi) is 55.8. The van der Waals surface area contributed by atoms with E-state index in [0.29, 0.717) is 12.8 Å². The summed E-state index contributed by atoms with van der Waals surface area (Å²) in [5.74, 6) is -0.923. The Labute approximate surface area is 433 Å². The van der Waals surface area contributed by atoms with Crippen molar-refractivity contribution in [1.82, 2.24) is 0 Å². The summed E-state index contributed by atoms with van der Waals surface area (Å²) in [5.41, 5.74) is 0. The van der Waals surface area contributed by atoms with Crippen LogP contribution >= 0.6 is 0 Å². The lowest BCUT2D eigenvalue weighted by Gasteiger charge is -2.18. The molecule has 0 aromatic rings. The molecule has 0 saturated carbocycles. The van der Waals surface area contributed by atoms with Crippen molar-refractivity contribution in [2.45, 2.75) is 303 Å². The highest BCUT2D eigenvalue weighted by molar-refractivity contribution is 5.71. The van der Waals surface area contributed by atoms with Crippen LogP contribution < -0.4 is 0 Å². The molecule has 0 rings (SSSR count). The summed E-state index contributed by atoms with van der Waals surface area (Å²) < 4.78 is 16.8. The summed E-state index contributed by atoms with van der Waals surface area (Å²) in [6.07, 6.45) is 74.9. The molecule has 0 aliphatic rings. The minimum atomic E-state index is -0.795. The quantitative estimate of drug-likeness (QED) is 0.0261. The van der Waals surface area contributed by atoms with E-state index in [1.807, 2.05) is 0 Å². The summed E-state index contributed by atoms with van der Waals surface area (Å²) in [5, 5.41) is 0. The first-order chi connectivity index (χ1) is 34.5. The maximum atomic E-state index is 12.8. The largest absolute Gasteiger partial charge is 0.462 e. The lowest BCUT2D eigenvalue weighted by molar-refractivity contribution is -0.167. The van der Waals surface area contributed by atoms with Gasteiger partial charge in [-0.25, -0.2) is 0 Å². The van der Waals surface area contributed by atoms with Crippen molar-refractivity contribution in [3.05, 3.63) is 72.9 Å². The van der Waals surface area contributed by atoms with Crippen molar-refractivity contribution in [3.63, 3.8) is 0 Å². The topological polar surface area (TPSA) is 78.9 Å². The molecule has 1 atom stereocenters. The zero-order chi connectivity index (χ0) is 50.7. The molecule has 6 nitrogen and oxygen atoms in total. The van der Waals surface area contributed by atoms with Crippen LogP contribution in [0.2, 0.25) is 0 Å². The zero-order valence-corrected chi connectivity index (χ0v) is 46.3. The molecule has 0 N–H and O–H groups in total. The minimum absolute atomic E-state index is 0.0893. The van der Waals surface area contributed by atoms with Crippen molar-refractivity contribution in [2.24, 2.45) is 0 Å². The van der Waals surface area contributed by atoms with Gasteiger partial charge < -0.3 is 14.2 Å². The first kappa shape index (κ1) is 66.9. The molecule has 0 aliphatic carbocycles. The summed E-state index contributed by atoms with van der Waals surface area (Å²) in [6.45, 7) is 6.46. The van der Waals surface area contributed by atoms with Gasteiger partial charge in [0.25, 0.3) is 0 Å². The molecule has 0 spiro atoms. The zero-order valence-electron chi connectivity index (χ0n) is 46.3. The Hall–Kier alpha value is -3.15. The van der Waals surface area contributed by atoms with E-state index in [4.69, 9.17) is 14.2 Å². The molecule has 6 heteroatoms. The van der Waals surface area contributed by atoms with Gasteiger partial charge in [0, 0.05) is 19.3 Å². The highest BCUT2D eigenvalue weighted by Gasteiger charge is 2.19. The number of esters is 3. The summed E-state index contributed by atoms with van der Waals surface area (Å²) >= 11 is 0. The van der Waals surface area contributed by atoms with Crippen LogP contribution in [0, 0.1) is 0 Å². The van der Waals surface area contributed by atoms with E-state index in [9.17, 15) is 14.4 Å². The Morgan fingerprint density at radius 1 is 0.300 bits per heavy atom. The molecule has 70 heavy (non-hydrogen) atoms. The molecule has 0 fully saturated rings. The van der Waals surface area contributed by atoms with Gasteiger partial charge in [-0.2, -0.15) is 0 Å². The maximum Gasteiger partial charge on any atom is 0.306 e. The highest BCUT2D eigenvalue weighted by Crippen LogP contribution is 2.17. The fourth-order valence-corrected chi connectivity index (χ4v) is 8.47. The second-order valence-corrected chi connectivity index (χ2v) is 19.9. The number of carbonyl (C=O) groups is 3. The molecule has 0 amide bonds. The molecule has 404 valence electrons. The molecule has 0 saturated heterocycles. The average molecular weight is 978 g/mol. The van der Waals surface area contributed by atoms with Crippen LogP contribution in [-0.2, 0) is 28.6 Å². The molecule has 0 aliphatic heterocycles. The molecule has 0 bridgehead atoms. The third kappa shape index (κ3) is 55.8. The third-order valence-electron chi connectivity index (χ3n) is 12.9. The van der Waals surface area contributed by atoms with E-state index < -0.39 is 6.10 Å². The van der Waals surface area contributed by atoms with Crippen molar-refractivity contribution < 1.29 is 28.6 Å². The van der Waals surface area contributed by atoms with Gasteiger partial charge in [-0.15, -0.1) is 0 Å². The molecule has 0 radical (unpaired) electrons.